The lowest BCUT2D eigenvalue weighted by atomic mass is 9.33. The molecule has 58 heavy (non-hydrogen) atoms. The van der Waals surface area contributed by atoms with Crippen LogP contribution in [0.5, 0.6) is 0 Å². The van der Waals surface area contributed by atoms with Gasteiger partial charge in [0.25, 0.3) is 6.71 Å². The Morgan fingerprint density at radius 1 is 0.517 bits per heavy atom. The predicted octanol–water partition coefficient (Wildman–Crippen LogP) is 13.0. The molecule has 3 heterocycles. The van der Waals surface area contributed by atoms with Gasteiger partial charge in [-0.25, -0.2) is 0 Å². The minimum Gasteiger partial charge on any atom is -0.440 e. The molecule has 10 rings (SSSR count). The van der Waals surface area contributed by atoms with Gasteiger partial charge in [-0.1, -0.05) is 137 Å². The minimum absolute atomic E-state index is 0.0302. The summed E-state index contributed by atoms with van der Waals surface area (Å²) in [6.45, 7) is 27.6. The fourth-order valence-electron chi connectivity index (χ4n) is 10.1. The van der Waals surface area contributed by atoms with Gasteiger partial charge >= 0.3 is 0 Å². The number of hydrogen-bond donors (Lipinski definition) is 0. The molecular weight excluding hydrogens is 703 g/mol. The van der Waals surface area contributed by atoms with Crippen molar-refractivity contribution in [3.63, 3.8) is 0 Å². The van der Waals surface area contributed by atoms with Crippen molar-refractivity contribution in [2.75, 3.05) is 9.80 Å². The summed E-state index contributed by atoms with van der Waals surface area (Å²) in [5.74, 6) is 0.914. The average Bonchev–Trinajstić information content (AvgIpc) is 3.64. The molecule has 1 aliphatic carbocycles. The first kappa shape index (κ1) is 36.8. The molecule has 0 unspecified atom stereocenters. The summed E-state index contributed by atoms with van der Waals surface area (Å²) < 4.78 is 7.35. The molecule has 0 atom stereocenters. The van der Waals surface area contributed by atoms with Gasteiger partial charge in [0.1, 0.15) is 5.58 Å². The van der Waals surface area contributed by atoms with Crippen LogP contribution in [0.25, 0.3) is 22.1 Å². The Balaban J connectivity index is 1.31. The number of aryl methyl sites for hydroxylation is 1. The largest absolute Gasteiger partial charge is 0.440 e. The maximum atomic E-state index is 7.35. The van der Waals surface area contributed by atoms with Gasteiger partial charge in [0.2, 0.25) is 5.88 Å². The molecule has 0 amide bonds. The predicted molar refractivity (Wildman–Crippen MR) is 249 cm³/mol. The van der Waals surface area contributed by atoms with Crippen LogP contribution in [0.3, 0.4) is 0 Å². The second-order valence-corrected chi connectivity index (χ2v) is 20.8. The summed E-state index contributed by atoms with van der Waals surface area (Å²) in [6, 6.07) is 44.3. The molecule has 7 aromatic rings. The molecular formula is C54H55BN2O. The van der Waals surface area contributed by atoms with Crippen molar-refractivity contribution in [3.05, 3.63) is 149 Å². The maximum absolute atomic E-state index is 7.35. The van der Waals surface area contributed by atoms with Gasteiger partial charge < -0.3 is 9.32 Å². The van der Waals surface area contributed by atoms with Gasteiger partial charge in [-0.05, 0) is 133 Å². The van der Waals surface area contributed by atoms with E-state index in [-0.39, 0.29) is 28.4 Å². The second-order valence-electron chi connectivity index (χ2n) is 20.8. The van der Waals surface area contributed by atoms with E-state index in [2.05, 4.69) is 208 Å². The summed E-state index contributed by atoms with van der Waals surface area (Å²) in [4.78, 5) is 4.95. The number of benzene rings is 6. The van der Waals surface area contributed by atoms with Crippen LogP contribution in [0, 0.1) is 6.92 Å². The molecule has 3 nitrogen and oxygen atoms in total. The zero-order valence-electron chi connectivity index (χ0n) is 36.3. The molecule has 0 radical (unpaired) electrons. The fraction of sp³-hybridized carbons (Fsp3) is 0.296. The Morgan fingerprint density at radius 2 is 1.07 bits per heavy atom. The van der Waals surface area contributed by atoms with Crippen molar-refractivity contribution in [2.24, 2.45) is 0 Å². The van der Waals surface area contributed by atoms with E-state index < -0.39 is 0 Å². The molecule has 0 N–H and O–H groups in total. The molecule has 0 spiro atoms. The average molecular weight is 759 g/mol. The highest BCUT2D eigenvalue weighted by Crippen LogP contribution is 2.52. The normalized spacial score (nSPS) is 15.3. The Morgan fingerprint density at radius 3 is 1.67 bits per heavy atom. The van der Waals surface area contributed by atoms with Crippen LogP contribution < -0.4 is 26.2 Å². The number of nitrogens with zero attached hydrogens (tertiary/aromatic N) is 2. The van der Waals surface area contributed by atoms with E-state index in [1.165, 1.54) is 89.0 Å². The van der Waals surface area contributed by atoms with Gasteiger partial charge in [0.15, 0.2) is 0 Å². The van der Waals surface area contributed by atoms with E-state index >= 15 is 0 Å². The molecule has 0 bridgehead atoms. The third-order valence-electron chi connectivity index (χ3n) is 13.4. The van der Waals surface area contributed by atoms with Crippen LogP contribution in [0.1, 0.15) is 110 Å². The van der Waals surface area contributed by atoms with Crippen molar-refractivity contribution in [1.82, 2.24) is 0 Å². The molecule has 4 heteroatoms. The molecule has 2 aliphatic heterocycles. The zero-order valence-corrected chi connectivity index (χ0v) is 36.3. The quantitative estimate of drug-likeness (QED) is 0.164. The smallest absolute Gasteiger partial charge is 0.257 e. The first-order chi connectivity index (χ1) is 27.3. The Kier molecular flexibility index (Phi) is 7.65. The Bertz CT molecular complexity index is 2820. The molecule has 0 saturated carbocycles. The highest BCUT2D eigenvalue weighted by Gasteiger charge is 2.47. The van der Waals surface area contributed by atoms with E-state index in [1.807, 2.05) is 0 Å². The lowest BCUT2D eigenvalue weighted by Crippen LogP contribution is -2.61. The fourth-order valence-corrected chi connectivity index (χ4v) is 10.1. The van der Waals surface area contributed by atoms with Crippen LogP contribution in [-0.4, -0.2) is 6.71 Å². The van der Waals surface area contributed by atoms with Crippen LogP contribution >= 0.6 is 0 Å². The van der Waals surface area contributed by atoms with Crippen LogP contribution in [0.2, 0.25) is 0 Å². The molecule has 3 aliphatic rings. The van der Waals surface area contributed by atoms with E-state index in [9.17, 15) is 0 Å². The van der Waals surface area contributed by atoms with E-state index in [4.69, 9.17) is 4.42 Å². The molecule has 290 valence electrons. The first-order valence-electron chi connectivity index (χ1n) is 21.1. The molecule has 0 fully saturated rings. The monoisotopic (exact) mass is 758 g/mol. The number of rotatable bonds is 2. The van der Waals surface area contributed by atoms with E-state index in [0.717, 1.165) is 17.2 Å². The van der Waals surface area contributed by atoms with Gasteiger partial charge in [-0.3, -0.25) is 4.90 Å². The number of fused-ring (bicyclic) bond motifs is 9. The topological polar surface area (TPSA) is 19.6 Å². The van der Waals surface area contributed by atoms with Crippen molar-refractivity contribution in [3.8, 4) is 11.1 Å². The zero-order chi connectivity index (χ0) is 40.8. The van der Waals surface area contributed by atoms with Crippen molar-refractivity contribution >= 4 is 68.4 Å². The summed E-state index contributed by atoms with van der Waals surface area (Å²) in [5.41, 5.74) is 21.2. The molecule has 6 aromatic carbocycles. The van der Waals surface area contributed by atoms with Gasteiger partial charge in [-0.15, -0.1) is 0 Å². The highest BCUT2D eigenvalue weighted by molar-refractivity contribution is 7.01. The second kappa shape index (κ2) is 12.0. The van der Waals surface area contributed by atoms with E-state index in [1.54, 1.807) is 0 Å². The van der Waals surface area contributed by atoms with E-state index in [0.29, 0.717) is 0 Å². The number of furan rings is 1. The standard InChI is InChI=1S/C54H55BN2O/c1-32-27-45-49-46(28-32)57(37-24-19-34(20-25-37)52(5,6)7)50-48(40-30-39-38-15-13-14-16-41(38)54(11,12)42(39)31-47(40)58-50)55(49)43-29-35(53(8,9)10)21-26-44(43)56(45)36-22-17-33(18-23-36)51(2,3)4/h13-31H,1-12H3. The highest BCUT2D eigenvalue weighted by atomic mass is 16.4. The lowest BCUT2D eigenvalue weighted by molar-refractivity contribution is 0.590. The SMILES string of the molecule is Cc1cc2c3c(c1)N(c1ccc(C(C)(C)C)cc1)c1oc4cc5c(cc4c1B3c1cc(C(C)(C)C)ccc1N2c1ccc(C(C)(C)C)cc1)-c1ccccc1C5(C)C. The Labute approximate surface area is 345 Å². The van der Waals surface area contributed by atoms with Gasteiger partial charge in [-0.2, -0.15) is 0 Å². The van der Waals surface area contributed by atoms with Gasteiger partial charge in [0, 0.05) is 44.7 Å². The van der Waals surface area contributed by atoms with Crippen molar-refractivity contribution < 1.29 is 4.42 Å². The summed E-state index contributed by atoms with van der Waals surface area (Å²) in [7, 11) is 0. The summed E-state index contributed by atoms with van der Waals surface area (Å²) in [5, 5.41) is 1.19. The lowest BCUT2D eigenvalue weighted by Gasteiger charge is -2.43. The summed E-state index contributed by atoms with van der Waals surface area (Å²) in [6.07, 6.45) is 0. The first-order valence-corrected chi connectivity index (χ1v) is 21.1. The maximum Gasteiger partial charge on any atom is 0.257 e. The third-order valence-corrected chi connectivity index (χ3v) is 13.4. The molecule has 1 aromatic heterocycles. The van der Waals surface area contributed by atoms with Crippen molar-refractivity contribution in [2.45, 2.75) is 105 Å². The van der Waals surface area contributed by atoms with Gasteiger partial charge in [0.05, 0.1) is 0 Å². The van der Waals surface area contributed by atoms with Crippen LogP contribution in [0.4, 0.5) is 34.3 Å². The number of anilines is 6. The summed E-state index contributed by atoms with van der Waals surface area (Å²) >= 11 is 0. The number of hydrogen-bond acceptors (Lipinski definition) is 3. The van der Waals surface area contributed by atoms with Crippen LogP contribution in [0.15, 0.2) is 120 Å². The third kappa shape index (κ3) is 5.33. The Hall–Kier alpha value is -5.48. The minimum atomic E-state index is -0.134. The van der Waals surface area contributed by atoms with Crippen molar-refractivity contribution in [1.29, 1.82) is 0 Å². The molecule has 0 saturated heterocycles. The van der Waals surface area contributed by atoms with Crippen LogP contribution in [-0.2, 0) is 21.7 Å².